The van der Waals surface area contributed by atoms with Crippen LogP contribution in [0.4, 0.5) is 74.6 Å². The number of nitrogens with zero attached hydrogens (tertiary/aromatic N) is 3. The van der Waals surface area contributed by atoms with Crippen LogP contribution in [-0.2, 0) is 9.84 Å². The fourth-order valence-corrected chi connectivity index (χ4v) is 5.36. The molecule has 51 heavy (non-hydrogen) atoms. The van der Waals surface area contributed by atoms with Gasteiger partial charge in [0, 0.05) is 12.4 Å². The molecule has 23 heteroatoms. The molecule has 0 aliphatic rings. The third-order valence-electron chi connectivity index (χ3n) is 7.10. The van der Waals surface area contributed by atoms with Crippen molar-refractivity contribution in [2.75, 3.05) is 0 Å². The van der Waals surface area contributed by atoms with Crippen LogP contribution in [0.15, 0.2) is 78.0 Å². The lowest BCUT2D eigenvalue weighted by Crippen LogP contribution is -2.75. The molecule has 5 nitrogen and oxygen atoms in total. The Bertz CT molecular complexity index is 2010. The summed E-state index contributed by atoms with van der Waals surface area (Å²) in [6.07, 6.45) is -2.42. The van der Waals surface area contributed by atoms with Gasteiger partial charge >= 0.3 is 47.0 Å². The zero-order valence-electron chi connectivity index (χ0n) is 24.1. The highest BCUT2D eigenvalue weighted by molar-refractivity contribution is 7.92. The van der Waals surface area contributed by atoms with Gasteiger partial charge in [-0.25, -0.2) is 18.4 Å². The number of hydrogen-bond donors (Lipinski definition) is 0. The molecule has 2 aromatic carbocycles. The smallest absolute Gasteiger partial charge is 0.293 e. The Morgan fingerprint density at radius 3 is 1.45 bits per heavy atom. The summed E-state index contributed by atoms with van der Waals surface area (Å²) < 4.78 is 257. The van der Waals surface area contributed by atoms with Crippen LogP contribution in [0.2, 0.25) is 0 Å². The van der Waals surface area contributed by atoms with Gasteiger partial charge in [0.1, 0.15) is 0 Å². The third-order valence-corrected chi connectivity index (χ3v) is 8.92. The van der Waals surface area contributed by atoms with E-state index in [0.29, 0.717) is 34.7 Å². The van der Waals surface area contributed by atoms with E-state index in [1.165, 1.54) is 35.2 Å². The van der Waals surface area contributed by atoms with E-state index in [0.717, 1.165) is 6.08 Å². The van der Waals surface area contributed by atoms with Crippen molar-refractivity contribution in [3.63, 3.8) is 0 Å². The van der Waals surface area contributed by atoms with Crippen LogP contribution in [0.5, 0.6) is 0 Å². The van der Waals surface area contributed by atoms with Crippen molar-refractivity contribution in [2.45, 2.75) is 51.9 Å². The molecule has 0 aliphatic heterocycles. The topological polar surface area (TPSA) is 65.0 Å². The van der Waals surface area contributed by atoms with Gasteiger partial charge in [0.25, 0.3) is 0 Å². The first kappa shape index (κ1) is 39.3. The van der Waals surface area contributed by atoms with Crippen LogP contribution in [0.1, 0.15) is 11.1 Å². The Morgan fingerprint density at radius 2 is 0.980 bits per heavy atom. The minimum atomic E-state index is -8.89. The molecule has 0 amide bonds. The minimum Gasteiger partial charge on any atom is -0.293 e. The Balaban J connectivity index is 1.59. The highest BCUT2D eigenvalue weighted by Crippen LogP contribution is 2.64. The molecule has 0 unspecified atom stereocenters. The van der Waals surface area contributed by atoms with Crippen molar-refractivity contribution in [1.82, 2.24) is 9.97 Å². The predicted octanol–water partition coefficient (Wildman–Crippen LogP) is 8.38. The van der Waals surface area contributed by atoms with Gasteiger partial charge in [-0.1, -0.05) is 36.4 Å². The predicted molar refractivity (Wildman–Crippen MR) is 140 cm³/mol. The lowest BCUT2D eigenvalue weighted by atomic mass is 9.91. The highest BCUT2D eigenvalue weighted by atomic mass is 32.2. The molecule has 0 saturated heterocycles. The molecule has 0 saturated carbocycles. The molecule has 0 N–H and O–H groups in total. The van der Waals surface area contributed by atoms with Crippen molar-refractivity contribution >= 4 is 33.0 Å². The highest BCUT2D eigenvalue weighted by Gasteiger charge is 2.96. The Hall–Kier alpha value is -4.44. The molecular weight excluding hydrogens is 765 g/mol. The first-order valence-electron chi connectivity index (χ1n) is 13.1. The Morgan fingerprint density at radius 1 is 0.549 bits per heavy atom. The fourth-order valence-electron chi connectivity index (χ4n) is 4.11. The van der Waals surface area contributed by atoms with Crippen molar-refractivity contribution < 1.29 is 87.6 Å². The van der Waals surface area contributed by atoms with Gasteiger partial charge < -0.3 is 0 Å². The number of benzene rings is 2. The van der Waals surface area contributed by atoms with E-state index < -0.39 is 61.7 Å². The van der Waals surface area contributed by atoms with Gasteiger partial charge in [0.05, 0.1) is 15.9 Å². The van der Waals surface area contributed by atoms with E-state index in [1.54, 1.807) is 24.3 Å². The normalized spacial score (nSPS) is 14.8. The molecule has 0 fully saturated rings. The molecule has 0 aliphatic carbocycles. The van der Waals surface area contributed by atoms with Crippen LogP contribution >= 0.6 is 0 Å². The van der Waals surface area contributed by atoms with Crippen LogP contribution < -0.4 is 9.55 Å². The standard InChI is InChI=1S/C28H14F17N3O2S/c29-21(30,23(33,34)25(37,38)27(41,42)43)22(31,32)24(35,36)26(39,40)28(44,45)51(49,50)17-9-7-15(8-10-17)5-6-16-11-13-48(14-12-16)20-46-18-3-1-2-4-19(18)47-20/h1-14H/b6-5+. The SMILES string of the molecule is O=S(=O)(c1ccc(/C=C/c2cc[n+](-c3nc4ccccc4[n-]3)cc2)cc1)C(F)(F)C(F)(F)C(F)(F)C(F)(F)C(F)(F)C(F)(F)C(F)(F)C(F)(F)F. The maximum Gasteiger partial charge on any atom is 0.460 e. The molecule has 278 valence electrons. The maximum absolute atomic E-state index is 14.5. The van der Waals surface area contributed by atoms with Crippen LogP contribution in [0, 0.1) is 0 Å². The first-order chi connectivity index (χ1) is 23.0. The Labute approximate surface area is 272 Å². The number of pyridine rings is 1. The number of alkyl halides is 17. The van der Waals surface area contributed by atoms with Gasteiger partial charge in [0.15, 0.2) is 0 Å². The van der Waals surface area contributed by atoms with Gasteiger partial charge in [-0.2, -0.15) is 74.6 Å². The van der Waals surface area contributed by atoms with E-state index in [9.17, 15) is 83.1 Å². The second-order valence-electron chi connectivity index (χ2n) is 10.4. The summed E-state index contributed by atoms with van der Waals surface area (Å²) in [6.45, 7) is 0. The van der Waals surface area contributed by atoms with Gasteiger partial charge in [-0.05, 0) is 47.5 Å². The number of imidazole rings is 1. The maximum atomic E-state index is 14.5. The summed E-state index contributed by atoms with van der Waals surface area (Å²) in [5.74, 6) is -51.6. The van der Waals surface area contributed by atoms with Crippen molar-refractivity contribution in [3.05, 3.63) is 84.2 Å². The number of para-hydroxylation sites is 2. The molecule has 4 rings (SSSR count). The lowest BCUT2D eigenvalue weighted by molar-refractivity contribution is -0.603. The van der Waals surface area contributed by atoms with Crippen molar-refractivity contribution in [1.29, 1.82) is 0 Å². The zero-order valence-corrected chi connectivity index (χ0v) is 24.9. The van der Waals surface area contributed by atoms with Crippen LogP contribution in [-0.4, -0.2) is 60.4 Å². The molecule has 2 aromatic heterocycles. The van der Waals surface area contributed by atoms with Crippen LogP contribution in [0.25, 0.3) is 29.1 Å². The number of halogens is 17. The summed E-state index contributed by atoms with van der Waals surface area (Å²) in [5, 5.41) is -7.63. The minimum absolute atomic E-state index is 0.0261. The molecule has 0 radical (unpaired) electrons. The number of fused-ring (bicyclic) bond motifs is 1. The van der Waals surface area contributed by atoms with Gasteiger partial charge in [0.2, 0.25) is 15.8 Å². The van der Waals surface area contributed by atoms with E-state index in [-0.39, 0.29) is 17.7 Å². The second kappa shape index (κ2) is 12.1. The van der Waals surface area contributed by atoms with Crippen LogP contribution in [0.3, 0.4) is 0 Å². The zero-order chi connectivity index (χ0) is 38.9. The average molecular weight is 779 g/mol. The second-order valence-corrected chi connectivity index (χ2v) is 12.4. The number of rotatable bonds is 11. The average Bonchev–Trinajstić information content (AvgIpc) is 3.47. The number of aromatic nitrogens is 3. The third kappa shape index (κ3) is 5.85. The fraction of sp³-hybridized carbons (Fsp3) is 0.286. The summed E-state index contributed by atoms with van der Waals surface area (Å²) in [4.78, 5) is 6.55. The molecule has 0 atom stereocenters. The molecule has 2 heterocycles. The van der Waals surface area contributed by atoms with E-state index in [4.69, 9.17) is 0 Å². The molecular formula is C28H14F17N3O2S. The van der Waals surface area contributed by atoms with E-state index in [2.05, 4.69) is 9.97 Å². The summed E-state index contributed by atoms with van der Waals surface area (Å²) >= 11 is 0. The van der Waals surface area contributed by atoms with Gasteiger partial charge in [-0.3, -0.25) is 4.57 Å². The molecule has 4 aromatic rings. The first-order valence-corrected chi connectivity index (χ1v) is 14.6. The molecule has 0 spiro atoms. The summed E-state index contributed by atoms with van der Waals surface area (Å²) in [7, 11) is -7.39. The largest absolute Gasteiger partial charge is 0.460 e. The lowest BCUT2D eigenvalue weighted by Gasteiger charge is -2.42. The number of sulfone groups is 1. The van der Waals surface area contributed by atoms with E-state index >= 15 is 0 Å². The van der Waals surface area contributed by atoms with E-state index in [1.807, 2.05) is 0 Å². The quantitative estimate of drug-likeness (QED) is 0.113. The molecule has 0 bridgehead atoms. The summed E-state index contributed by atoms with van der Waals surface area (Å²) in [6, 6.07) is 11.1. The summed E-state index contributed by atoms with van der Waals surface area (Å²) in [5.41, 5.74) is 1.50. The van der Waals surface area contributed by atoms with Gasteiger partial charge in [-0.15, -0.1) is 0 Å². The Kier molecular flexibility index (Phi) is 9.32. The van der Waals surface area contributed by atoms with Crippen molar-refractivity contribution in [3.8, 4) is 5.95 Å². The number of hydrogen-bond acceptors (Lipinski definition) is 3. The monoisotopic (exact) mass is 779 g/mol. The van der Waals surface area contributed by atoms with Crippen molar-refractivity contribution in [2.24, 2.45) is 0 Å².